The van der Waals surface area contributed by atoms with Crippen molar-refractivity contribution in [3.63, 3.8) is 0 Å². The fraction of sp³-hybridized carbons (Fsp3) is 0.150. The van der Waals surface area contributed by atoms with Crippen LogP contribution in [0.2, 0.25) is 0 Å². The summed E-state index contributed by atoms with van der Waals surface area (Å²) in [5.41, 5.74) is 0.0603. The van der Waals surface area contributed by atoms with Gasteiger partial charge >= 0.3 is 6.36 Å². The van der Waals surface area contributed by atoms with Gasteiger partial charge in [-0.3, -0.25) is 9.59 Å². The fourth-order valence-electron chi connectivity index (χ4n) is 4.06. The van der Waals surface area contributed by atoms with Crippen LogP contribution in [0.5, 0.6) is 5.75 Å². The third kappa shape index (κ3) is 2.92. The Morgan fingerprint density at radius 1 is 1.03 bits per heavy atom. The van der Waals surface area contributed by atoms with Gasteiger partial charge in [0.2, 0.25) is 11.8 Å². The number of carbonyl (C=O) groups is 2. The van der Waals surface area contributed by atoms with E-state index in [4.69, 9.17) is 0 Å². The van der Waals surface area contributed by atoms with E-state index in [9.17, 15) is 27.2 Å². The molecule has 0 aliphatic carbocycles. The van der Waals surface area contributed by atoms with Crippen LogP contribution in [-0.2, 0) is 15.0 Å². The first-order valence-electron chi connectivity index (χ1n) is 9.03. The van der Waals surface area contributed by atoms with E-state index < -0.39 is 35.2 Å². The zero-order valence-corrected chi connectivity index (χ0v) is 15.5. The average Bonchev–Trinajstić information content (AvgIpc) is 3.21. The molecule has 2 aliphatic rings. The van der Waals surface area contributed by atoms with Gasteiger partial charge in [0, 0.05) is 17.7 Å². The van der Waals surface area contributed by atoms with E-state index in [-0.39, 0.29) is 17.9 Å². The highest BCUT2D eigenvalue weighted by molar-refractivity contribution is 6.14. The summed E-state index contributed by atoms with van der Waals surface area (Å²) in [6, 6.07) is 8.72. The van der Waals surface area contributed by atoms with Crippen molar-refractivity contribution in [2.24, 2.45) is 0 Å². The van der Waals surface area contributed by atoms with Crippen LogP contribution < -0.4 is 15.4 Å². The van der Waals surface area contributed by atoms with Gasteiger partial charge in [-0.1, -0.05) is 6.07 Å². The van der Waals surface area contributed by atoms with Crippen molar-refractivity contribution in [1.29, 1.82) is 0 Å². The molecule has 3 heterocycles. The number of amides is 2. The third-order valence-corrected chi connectivity index (χ3v) is 5.30. The zero-order chi connectivity index (χ0) is 22.0. The zero-order valence-electron chi connectivity index (χ0n) is 15.5. The van der Waals surface area contributed by atoms with Gasteiger partial charge in [0.15, 0.2) is 0 Å². The molecule has 0 fully saturated rings. The van der Waals surface area contributed by atoms with Gasteiger partial charge in [0.25, 0.3) is 0 Å². The van der Waals surface area contributed by atoms with Gasteiger partial charge in [0.1, 0.15) is 22.8 Å². The smallest absolute Gasteiger partial charge is 0.406 e. The van der Waals surface area contributed by atoms with Crippen LogP contribution in [0.1, 0.15) is 17.5 Å². The predicted octanol–water partition coefficient (Wildman–Crippen LogP) is 3.49. The van der Waals surface area contributed by atoms with Crippen LogP contribution in [0.3, 0.4) is 0 Å². The monoisotopic (exact) mass is 432 g/mol. The van der Waals surface area contributed by atoms with Crippen molar-refractivity contribution in [2.45, 2.75) is 18.2 Å². The van der Waals surface area contributed by atoms with E-state index in [0.29, 0.717) is 16.8 Å². The molecule has 2 aliphatic heterocycles. The number of benzene rings is 2. The number of anilines is 2. The van der Waals surface area contributed by atoms with Gasteiger partial charge < -0.3 is 15.4 Å². The predicted molar refractivity (Wildman–Crippen MR) is 99.3 cm³/mol. The number of hydrogen-bond donors (Lipinski definition) is 2. The van der Waals surface area contributed by atoms with Crippen molar-refractivity contribution in [1.82, 2.24) is 9.78 Å². The number of carbonyl (C=O) groups excluding carboxylic acids is 2. The number of rotatable bonds is 2. The summed E-state index contributed by atoms with van der Waals surface area (Å²) < 4.78 is 56.0. The summed E-state index contributed by atoms with van der Waals surface area (Å²) in [4.78, 5) is 25.5. The second-order valence-corrected chi connectivity index (χ2v) is 7.13. The molecule has 0 unspecified atom stereocenters. The third-order valence-electron chi connectivity index (χ3n) is 5.30. The molecule has 0 bridgehead atoms. The molecule has 1 atom stereocenters. The van der Waals surface area contributed by atoms with E-state index in [2.05, 4.69) is 20.5 Å². The molecule has 2 aromatic carbocycles. The van der Waals surface area contributed by atoms with Crippen molar-refractivity contribution in [2.75, 3.05) is 10.6 Å². The normalized spacial score (nSPS) is 19.6. The lowest BCUT2D eigenvalue weighted by Gasteiger charge is -2.31. The molecule has 0 saturated heterocycles. The molecule has 0 saturated carbocycles. The number of hydrogen-bond acceptors (Lipinski definition) is 4. The molecule has 11 heteroatoms. The van der Waals surface area contributed by atoms with Gasteiger partial charge in [-0.05, 0) is 42.0 Å². The Hall–Kier alpha value is -3.89. The summed E-state index contributed by atoms with van der Waals surface area (Å²) in [5, 5.41) is 9.52. The fourth-order valence-corrected chi connectivity index (χ4v) is 4.06. The summed E-state index contributed by atoms with van der Waals surface area (Å²) in [5.74, 6) is -1.69. The summed E-state index contributed by atoms with van der Waals surface area (Å²) >= 11 is 0. The Morgan fingerprint density at radius 3 is 2.48 bits per heavy atom. The second-order valence-electron chi connectivity index (χ2n) is 7.13. The summed E-state index contributed by atoms with van der Waals surface area (Å²) in [6.07, 6.45) is -3.61. The van der Waals surface area contributed by atoms with Crippen LogP contribution in [0.15, 0.2) is 48.7 Å². The molecule has 2 amide bonds. The van der Waals surface area contributed by atoms with E-state index in [1.807, 2.05) is 0 Å². The number of fused-ring (bicyclic) bond motifs is 4. The van der Waals surface area contributed by atoms with Crippen molar-refractivity contribution < 1.29 is 31.9 Å². The quantitative estimate of drug-likeness (QED) is 0.608. The van der Waals surface area contributed by atoms with Crippen LogP contribution >= 0.6 is 0 Å². The Morgan fingerprint density at radius 2 is 1.77 bits per heavy atom. The minimum Gasteiger partial charge on any atom is -0.406 e. The maximum absolute atomic E-state index is 13.7. The minimum absolute atomic E-state index is 0.200. The molecule has 7 nitrogen and oxygen atoms in total. The number of alkyl halides is 3. The SMILES string of the molecule is O=C1C[C@@]2(C(=O)Nc3cc(F)ccc32)c2cnn(-c3ccc(OC(F)(F)F)cc3)c2N1. The lowest BCUT2D eigenvalue weighted by atomic mass is 9.72. The van der Waals surface area contributed by atoms with Crippen LogP contribution in [0, 0.1) is 5.82 Å². The molecule has 31 heavy (non-hydrogen) atoms. The first-order valence-corrected chi connectivity index (χ1v) is 9.03. The molecular weight excluding hydrogens is 420 g/mol. The molecule has 5 rings (SSSR count). The molecule has 1 spiro atoms. The highest BCUT2D eigenvalue weighted by Gasteiger charge is 2.54. The Kier molecular flexibility index (Phi) is 3.88. The van der Waals surface area contributed by atoms with E-state index in [0.717, 1.165) is 12.1 Å². The van der Waals surface area contributed by atoms with Gasteiger partial charge in [-0.2, -0.15) is 5.10 Å². The maximum Gasteiger partial charge on any atom is 0.573 e. The lowest BCUT2D eigenvalue weighted by Crippen LogP contribution is -2.43. The van der Waals surface area contributed by atoms with Crippen molar-refractivity contribution >= 4 is 23.3 Å². The number of halogens is 4. The van der Waals surface area contributed by atoms with E-state index in [1.54, 1.807) is 0 Å². The number of aromatic nitrogens is 2. The van der Waals surface area contributed by atoms with Gasteiger partial charge in [0.05, 0.1) is 11.9 Å². The molecule has 2 N–H and O–H groups in total. The van der Waals surface area contributed by atoms with E-state index >= 15 is 0 Å². The standard InChI is InChI=1S/C20H12F4N4O3/c21-10-1-6-13-15(7-10)26-18(30)19(13)8-16(29)27-17-14(19)9-25-28(17)11-2-4-12(5-3-11)31-20(22,23)24/h1-7,9H,8H2,(H,26,30)(H,27,29)/t19-/m0/s1. The first-order chi connectivity index (χ1) is 14.7. The van der Waals surface area contributed by atoms with Gasteiger partial charge in [-0.15, -0.1) is 13.2 Å². The molecule has 0 radical (unpaired) electrons. The molecule has 1 aromatic heterocycles. The Bertz CT molecular complexity index is 1240. The molecule has 3 aromatic rings. The van der Waals surface area contributed by atoms with Gasteiger partial charge in [-0.25, -0.2) is 9.07 Å². The van der Waals surface area contributed by atoms with Crippen LogP contribution in [0.25, 0.3) is 5.69 Å². The number of ether oxygens (including phenoxy) is 1. The number of nitrogens with one attached hydrogen (secondary N) is 2. The maximum atomic E-state index is 13.7. The summed E-state index contributed by atoms with van der Waals surface area (Å²) in [7, 11) is 0. The largest absolute Gasteiger partial charge is 0.573 e. The minimum atomic E-state index is -4.82. The Labute approximate surface area is 171 Å². The lowest BCUT2D eigenvalue weighted by molar-refractivity contribution is -0.274. The average molecular weight is 432 g/mol. The molecular formula is C20H12F4N4O3. The highest BCUT2D eigenvalue weighted by Crippen LogP contribution is 2.50. The Balaban J connectivity index is 1.61. The molecule has 158 valence electrons. The van der Waals surface area contributed by atoms with E-state index in [1.165, 1.54) is 41.2 Å². The summed E-state index contributed by atoms with van der Waals surface area (Å²) in [6.45, 7) is 0. The first kappa shape index (κ1) is 19.1. The highest BCUT2D eigenvalue weighted by atomic mass is 19.4. The topological polar surface area (TPSA) is 85.2 Å². The van der Waals surface area contributed by atoms with Crippen LogP contribution in [-0.4, -0.2) is 28.0 Å². The van der Waals surface area contributed by atoms with Crippen molar-refractivity contribution in [3.05, 3.63) is 65.6 Å². The number of nitrogens with zero attached hydrogens (tertiary/aromatic N) is 2. The van der Waals surface area contributed by atoms with Crippen LogP contribution in [0.4, 0.5) is 29.1 Å². The second kappa shape index (κ2) is 6.30. The van der Waals surface area contributed by atoms with Crippen molar-refractivity contribution in [3.8, 4) is 11.4 Å².